The van der Waals surface area contributed by atoms with Crippen molar-refractivity contribution in [1.29, 1.82) is 0 Å². The van der Waals surface area contributed by atoms with Crippen LogP contribution in [0, 0.1) is 58.7 Å². The summed E-state index contributed by atoms with van der Waals surface area (Å²) in [5.74, 6) is 8.50. The standard InChI is InChI=1S/C29H52O/c1-6-7-21(19(2)3)9-8-20(4)27-14-15-28-26-12-10-22-18-23(30)11-13-24(22)25(26)16-17-29(27,28)5/h19-28,30H,6-18H2,1-5H3/t20-,21-,22+,23+,24+,25-,26-,27-,28+,29-/m1/s1. The van der Waals surface area contributed by atoms with Gasteiger partial charge in [0, 0.05) is 0 Å². The molecule has 0 spiro atoms. The maximum Gasteiger partial charge on any atom is 0.0543 e. The molecule has 1 N–H and O–H groups in total. The molecular formula is C29H52O. The summed E-state index contributed by atoms with van der Waals surface area (Å²) in [6, 6.07) is 0. The lowest BCUT2D eigenvalue weighted by Crippen LogP contribution is -2.49. The second-order valence-electron chi connectivity index (χ2n) is 13.0. The first-order valence-corrected chi connectivity index (χ1v) is 14.0. The van der Waals surface area contributed by atoms with Crippen LogP contribution in [0.1, 0.15) is 118 Å². The molecule has 0 bridgehead atoms. The van der Waals surface area contributed by atoms with Gasteiger partial charge < -0.3 is 5.11 Å². The van der Waals surface area contributed by atoms with Gasteiger partial charge in [-0.1, -0.05) is 53.9 Å². The van der Waals surface area contributed by atoms with Gasteiger partial charge in [0.1, 0.15) is 0 Å². The van der Waals surface area contributed by atoms with Crippen molar-refractivity contribution >= 4 is 0 Å². The predicted molar refractivity (Wildman–Crippen MR) is 128 cm³/mol. The predicted octanol–water partition coefficient (Wildman–Crippen LogP) is 8.10. The number of fused-ring (bicyclic) bond motifs is 5. The Balaban J connectivity index is 1.40. The molecule has 0 aromatic heterocycles. The molecule has 4 saturated carbocycles. The molecule has 4 rings (SSSR count). The third kappa shape index (κ3) is 4.27. The Morgan fingerprint density at radius 3 is 2.33 bits per heavy atom. The van der Waals surface area contributed by atoms with Crippen LogP contribution in [-0.2, 0) is 0 Å². The monoisotopic (exact) mass is 416 g/mol. The van der Waals surface area contributed by atoms with Crippen molar-refractivity contribution in [3.63, 3.8) is 0 Å². The number of hydrogen-bond acceptors (Lipinski definition) is 1. The van der Waals surface area contributed by atoms with Gasteiger partial charge in [-0.05, 0) is 123 Å². The molecule has 0 heterocycles. The molecule has 1 heteroatoms. The highest BCUT2D eigenvalue weighted by molar-refractivity contribution is 5.06. The SMILES string of the molecule is CCC[C@H](CC[C@@H](C)[C@H]1CC[C@H]2[C@@H]3CC[C@H]4C[C@@H](O)CC[C@@H]4[C@H]3CC[C@]12C)C(C)C. The van der Waals surface area contributed by atoms with Gasteiger partial charge in [-0.3, -0.25) is 0 Å². The van der Waals surface area contributed by atoms with E-state index in [-0.39, 0.29) is 6.10 Å². The Labute approximate surface area is 188 Å². The van der Waals surface area contributed by atoms with Crippen molar-refractivity contribution in [2.24, 2.45) is 58.7 Å². The van der Waals surface area contributed by atoms with Crippen LogP contribution in [0.5, 0.6) is 0 Å². The summed E-state index contributed by atoms with van der Waals surface area (Å²) in [6.07, 6.45) is 18.2. The second-order valence-corrected chi connectivity index (χ2v) is 13.0. The molecule has 0 aliphatic heterocycles. The van der Waals surface area contributed by atoms with E-state index < -0.39 is 0 Å². The highest BCUT2D eigenvalue weighted by Crippen LogP contribution is 2.65. The molecule has 0 aromatic carbocycles. The lowest BCUT2D eigenvalue weighted by molar-refractivity contribution is -0.0823. The smallest absolute Gasteiger partial charge is 0.0543 e. The third-order valence-electron chi connectivity index (χ3n) is 11.3. The number of aliphatic hydroxyl groups is 1. The van der Waals surface area contributed by atoms with Gasteiger partial charge in [0.25, 0.3) is 0 Å². The van der Waals surface area contributed by atoms with E-state index in [1.54, 1.807) is 0 Å². The highest BCUT2D eigenvalue weighted by Gasteiger charge is 2.57. The molecular weight excluding hydrogens is 364 g/mol. The molecule has 0 aromatic rings. The Kier molecular flexibility index (Phi) is 7.28. The van der Waals surface area contributed by atoms with Crippen LogP contribution in [0.25, 0.3) is 0 Å². The Morgan fingerprint density at radius 2 is 1.60 bits per heavy atom. The van der Waals surface area contributed by atoms with Gasteiger partial charge in [0.05, 0.1) is 6.10 Å². The van der Waals surface area contributed by atoms with Crippen LogP contribution in [0.4, 0.5) is 0 Å². The average Bonchev–Trinajstić information content (AvgIpc) is 3.07. The van der Waals surface area contributed by atoms with Crippen molar-refractivity contribution in [3.8, 4) is 0 Å². The van der Waals surface area contributed by atoms with Gasteiger partial charge in [-0.25, -0.2) is 0 Å². The van der Waals surface area contributed by atoms with E-state index >= 15 is 0 Å². The fourth-order valence-corrected chi connectivity index (χ4v) is 9.66. The van der Waals surface area contributed by atoms with Crippen molar-refractivity contribution in [2.75, 3.05) is 0 Å². The van der Waals surface area contributed by atoms with E-state index in [0.717, 1.165) is 66.1 Å². The number of aliphatic hydroxyl groups excluding tert-OH is 1. The normalized spacial score (nSPS) is 45.5. The van der Waals surface area contributed by atoms with Crippen LogP contribution in [-0.4, -0.2) is 11.2 Å². The summed E-state index contributed by atoms with van der Waals surface area (Å²) in [4.78, 5) is 0. The Hall–Kier alpha value is -0.0400. The first kappa shape index (κ1) is 23.1. The van der Waals surface area contributed by atoms with Gasteiger partial charge >= 0.3 is 0 Å². The van der Waals surface area contributed by atoms with E-state index in [9.17, 15) is 5.11 Å². The van der Waals surface area contributed by atoms with E-state index in [1.165, 1.54) is 70.6 Å². The van der Waals surface area contributed by atoms with E-state index in [1.807, 2.05) is 0 Å². The van der Waals surface area contributed by atoms with E-state index in [4.69, 9.17) is 0 Å². The van der Waals surface area contributed by atoms with Crippen LogP contribution in [0.15, 0.2) is 0 Å². The lowest BCUT2D eigenvalue weighted by Gasteiger charge is -2.56. The third-order valence-corrected chi connectivity index (χ3v) is 11.3. The molecule has 0 amide bonds. The van der Waals surface area contributed by atoms with Crippen molar-refractivity contribution in [3.05, 3.63) is 0 Å². The summed E-state index contributed by atoms with van der Waals surface area (Å²) in [5, 5.41) is 10.2. The van der Waals surface area contributed by atoms with Gasteiger partial charge in [0.15, 0.2) is 0 Å². The fraction of sp³-hybridized carbons (Fsp3) is 1.00. The summed E-state index contributed by atoms with van der Waals surface area (Å²) in [7, 11) is 0. The van der Waals surface area contributed by atoms with Crippen LogP contribution in [0.2, 0.25) is 0 Å². The molecule has 0 saturated heterocycles. The molecule has 4 aliphatic rings. The van der Waals surface area contributed by atoms with Crippen molar-refractivity contribution in [2.45, 2.75) is 124 Å². The van der Waals surface area contributed by atoms with Crippen LogP contribution in [0.3, 0.4) is 0 Å². The number of rotatable bonds is 7. The minimum absolute atomic E-state index is 0.00994. The summed E-state index contributed by atoms with van der Waals surface area (Å²) >= 11 is 0. The van der Waals surface area contributed by atoms with Crippen molar-refractivity contribution in [1.82, 2.24) is 0 Å². The quantitative estimate of drug-likeness (QED) is 0.444. The molecule has 4 aliphatic carbocycles. The minimum atomic E-state index is 0.00994. The summed E-state index contributed by atoms with van der Waals surface area (Å²) in [6.45, 7) is 12.6. The number of hydrogen-bond donors (Lipinski definition) is 1. The topological polar surface area (TPSA) is 20.2 Å². The first-order chi connectivity index (χ1) is 14.3. The summed E-state index contributed by atoms with van der Waals surface area (Å²) < 4.78 is 0. The summed E-state index contributed by atoms with van der Waals surface area (Å²) in [5.41, 5.74) is 0.625. The zero-order valence-corrected chi connectivity index (χ0v) is 20.9. The van der Waals surface area contributed by atoms with Crippen LogP contribution >= 0.6 is 0 Å². The molecule has 4 fully saturated rings. The fourth-order valence-electron chi connectivity index (χ4n) is 9.66. The molecule has 1 nitrogen and oxygen atoms in total. The van der Waals surface area contributed by atoms with E-state index in [2.05, 4.69) is 34.6 Å². The van der Waals surface area contributed by atoms with Crippen molar-refractivity contribution < 1.29 is 5.11 Å². The van der Waals surface area contributed by atoms with Crippen LogP contribution < -0.4 is 0 Å². The Morgan fingerprint density at radius 1 is 0.833 bits per heavy atom. The molecule has 174 valence electrons. The van der Waals surface area contributed by atoms with E-state index in [0.29, 0.717) is 5.41 Å². The maximum atomic E-state index is 10.2. The largest absolute Gasteiger partial charge is 0.393 e. The second kappa shape index (κ2) is 9.44. The maximum absolute atomic E-state index is 10.2. The molecule has 30 heavy (non-hydrogen) atoms. The molecule has 0 radical (unpaired) electrons. The average molecular weight is 417 g/mol. The lowest BCUT2D eigenvalue weighted by atomic mass is 9.49. The zero-order chi connectivity index (χ0) is 21.5. The van der Waals surface area contributed by atoms with Gasteiger partial charge in [-0.2, -0.15) is 0 Å². The highest BCUT2D eigenvalue weighted by atomic mass is 16.3. The van der Waals surface area contributed by atoms with Gasteiger partial charge in [-0.15, -0.1) is 0 Å². The van der Waals surface area contributed by atoms with Gasteiger partial charge in [0.2, 0.25) is 0 Å². The molecule has 10 atom stereocenters. The molecule has 0 unspecified atom stereocenters. The zero-order valence-electron chi connectivity index (χ0n) is 20.9. The minimum Gasteiger partial charge on any atom is -0.393 e. The first-order valence-electron chi connectivity index (χ1n) is 14.0. The Bertz CT molecular complexity index is 555.